The molecule has 3 heterocycles. The Morgan fingerprint density at radius 1 is 1.43 bits per heavy atom. The van der Waals surface area contributed by atoms with Gasteiger partial charge in [0.25, 0.3) is 0 Å². The number of H-pyrrole nitrogens is 1. The van der Waals surface area contributed by atoms with Crippen molar-refractivity contribution in [3.8, 4) is 0 Å². The number of imidazole rings is 1. The third kappa shape index (κ3) is 1.80. The number of fused-ring (bicyclic) bond motifs is 3. The van der Waals surface area contributed by atoms with E-state index in [-0.39, 0.29) is 0 Å². The number of aryl methyl sites for hydroxylation is 1. The van der Waals surface area contributed by atoms with Crippen LogP contribution >= 0.6 is 0 Å². The Labute approximate surface area is 123 Å². The van der Waals surface area contributed by atoms with E-state index in [1.165, 1.54) is 11.9 Å². The topological polar surface area (TPSA) is 72.5 Å². The molecular formula is C16H21N5. The van der Waals surface area contributed by atoms with Crippen LogP contribution in [0, 0.1) is 12.8 Å². The molecule has 0 saturated heterocycles. The summed E-state index contributed by atoms with van der Waals surface area (Å²) in [5.41, 5.74) is 9.35. The van der Waals surface area contributed by atoms with Gasteiger partial charge in [0.2, 0.25) is 0 Å². The monoisotopic (exact) mass is 283 g/mol. The molecule has 1 aliphatic carbocycles. The van der Waals surface area contributed by atoms with Crippen LogP contribution in [-0.4, -0.2) is 25.6 Å². The second-order valence-electron chi connectivity index (χ2n) is 6.23. The molecule has 3 aromatic heterocycles. The maximum atomic E-state index is 6.23. The summed E-state index contributed by atoms with van der Waals surface area (Å²) in [7, 11) is 0. The van der Waals surface area contributed by atoms with Gasteiger partial charge < -0.3 is 15.3 Å². The van der Waals surface area contributed by atoms with E-state index in [1.54, 1.807) is 0 Å². The number of hydrogen-bond donors (Lipinski definition) is 2. The predicted octanol–water partition coefficient (Wildman–Crippen LogP) is 2.91. The average Bonchev–Trinajstić information content (AvgIpc) is 3.13. The van der Waals surface area contributed by atoms with E-state index < -0.39 is 0 Å². The highest BCUT2D eigenvalue weighted by Gasteiger charge is 2.34. The first kappa shape index (κ1) is 12.8. The summed E-state index contributed by atoms with van der Waals surface area (Å²) in [6.45, 7) is 4.35. The minimum atomic E-state index is 0.306. The fourth-order valence-corrected chi connectivity index (χ4v) is 4.01. The van der Waals surface area contributed by atoms with E-state index in [4.69, 9.17) is 10.7 Å². The Morgan fingerprint density at radius 3 is 3.10 bits per heavy atom. The predicted molar refractivity (Wildman–Crippen MR) is 84.1 cm³/mol. The van der Waals surface area contributed by atoms with Crippen molar-refractivity contribution in [2.75, 3.05) is 0 Å². The molecule has 1 aliphatic rings. The fraction of sp³-hybridized carbons (Fsp3) is 0.500. The third-order valence-corrected chi connectivity index (χ3v) is 4.96. The molecule has 0 spiro atoms. The number of hydrogen-bond acceptors (Lipinski definition) is 3. The lowest BCUT2D eigenvalue weighted by molar-refractivity contribution is 0.372. The van der Waals surface area contributed by atoms with Crippen LogP contribution in [0.4, 0.5) is 0 Å². The van der Waals surface area contributed by atoms with E-state index in [2.05, 4.69) is 34.4 Å². The van der Waals surface area contributed by atoms with Gasteiger partial charge in [-0.1, -0.05) is 13.3 Å². The Kier molecular flexibility index (Phi) is 2.79. The number of aromatic nitrogens is 4. The van der Waals surface area contributed by atoms with Gasteiger partial charge in [0.05, 0.1) is 11.7 Å². The lowest BCUT2D eigenvalue weighted by atomic mass is 10.00. The van der Waals surface area contributed by atoms with Crippen LogP contribution in [0.15, 0.2) is 18.5 Å². The zero-order valence-electron chi connectivity index (χ0n) is 12.5. The molecular weight excluding hydrogens is 262 g/mol. The van der Waals surface area contributed by atoms with Gasteiger partial charge in [0, 0.05) is 23.7 Å². The van der Waals surface area contributed by atoms with E-state index in [1.807, 2.05) is 12.4 Å². The lowest BCUT2D eigenvalue weighted by Crippen LogP contribution is -2.16. The van der Waals surface area contributed by atoms with Crippen molar-refractivity contribution in [1.29, 1.82) is 0 Å². The van der Waals surface area contributed by atoms with Crippen LogP contribution in [0.2, 0.25) is 0 Å². The molecule has 1 saturated carbocycles. The molecule has 4 rings (SSSR count). The third-order valence-electron chi connectivity index (χ3n) is 4.96. The summed E-state index contributed by atoms with van der Waals surface area (Å²) in [5, 5.41) is 1.16. The molecule has 0 radical (unpaired) electrons. The number of aromatic amines is 1. The van der Waals surface area contributed by atoms with Gasteiger partial charge >= 0.3 is 0 Å². The summed E-state index contributed by atoms with van der Waals surface area (Å²) < 4.78 is 2.41. The van der Waals surface area contributed by atoms with Crippen molar-refractivity contribution in [2.45, 2.75) is 45.2 Å². The van der Waals surface area contributed by atoms with Crippen LogP contribution in [0.3, 0.4) is 0 Å². The first-order chi connectivity index (χ1) is 10.2. The maximum Gasteiger partial charge on any atom is 0.139 e. The Bertz CT molecular complexity index is 800. The molecule has 0 aliphatic heterocycles. The van der Waals surface area contributed by atoms with Gasteiger partial charge in [0.15, 0.2) is 0 Å². The van der Waals surface area contributed by atoms with Crippen molar-refractivity contribution in [3.63, 3.8) is 0 Å². The summed E-state index contributed by atoms with van der Waals surface area (Å²) in [6.07, 6.45) is 7.13. The molecule has 0 amide bonds. The molecule has 0 aromatic carbocycles. The first-order valence-electron chi connectivity index (χ1n) is 7.75. The molecule has 3 aromatic rings. The molecule has 0 bridgehead atoms. The number of nitrogens with zero attached hydrogens (tertiary/aromatic N) is 3. The van der Waals surface area contributed by atoms with Gasteiger partial charge in [-0.25, -0.2) is 9.97 Å². The SMILES string of the molecule is CC[C@@H]1C[C@H](N)C[C@@H]1n1c(C)nc2cnc3[nH]ccc3c21. The second-order valence-corrected chi connectivity index (χ2v) is 6.23. The Hall–Kier alpha value is -1.88. The van der Waals surface area contributed by atoms with Crippen LogP contribution in [-0.2, 0) is 0 Å². The van der Waals surface area contributed by atoms with Crippen molar-refractivity contribution < 1.29 is 0 Å². The standard InChI is InChI=1S/C16H21N5/c1-3-10-6-11(17)7-14(10)21-9(2)20-13-8-19-16-12(15(13)21)4-5-18-16/h4-5,8,10-11,14H,3,6-7,17H2,1-2H3,(H,18,19)/t10-,11+,14+/m1/s1. The van der Waals surface area contributed by atoms with Crippen LogP contribution < -0.4 is 5.73 Å². The number of nitrogens with one attached hydrogen (secondary N) is 1. The largest absolute Gasteiger partial charge is 0.346 e. The molecule has 5 heteroatoms. The molecule has 1 fully saturated rings. The van der Waals surface area contributed by atoms with Crippen molar-refractivity contribution >= 4 is 22.1 Å². The van der Waals surface area contributed by atoms with Crippen molar-refractivity contribution in [1.82, 2.24) is 19.5 Å². The fourth-order valence-electron chi connectivity index (χ4n) is 4.01. The molecule has 3 N–H and O–H groups in total. The molecule has 5 nitrogen and oxygen atoms in total. The summed E-state index contributed by atoms with van der Waals surface area (Å²) >= 11 is 0. The van der Waals surface area contributed by atoms with E-state index >= 15 is 0 Å². The molecule has 110 valence electrons. The van der Waals surface area contributed by atoms with Crippen molar-refractivity contribution in [2.24, 2.45) is 11.7 Å². The minimum absolute atomic E-state index is 0.306. The van der Waals surface area contributed by atoms with Gasteiger partial charge in [-0.15, -0.1) is 0 Å². The minimum Gasteiger partial charge on any atom is -0.346 e. The van der Waals surface area contributed by atoms with E-state index in [9.17, 15) is 0 Å². The Morgan fingerprint density at radius 2 is 2.29 bits per heavy atom. The van der Waals surface area contributed by atoms with E-state index in [0.29, 0.717) is 18.0 Å². The van der Waals surface area contributed by atoms with Gasteiger partial charge in [-0.3, -0.25) is 0 Å². The van der Waals surface area contributed by atoms with Crippen LogP contribution in [0.5, 0.6) is 0 Å². The zero-order chi connectivity index (χ0) is 14.6. The quantitative estimate of drug-likeness (QED) is 0.759. The van der Waals surface area contributed by atoms with E-state index in [0.717, 1.165) is 35.2 Å². The van der Waals surface area contributed by atoms with Gasteiger partial charge in [0.1, 0.15) is 17.0 Å². The number of rotatable bonds is 2. The molecule has 21 heavy (non-hydrogen) atoms. The smallest absolute Gasteiger partial charge is 0.139 e. The molecule has 0 unspecified atom stereocenters. The molecule has 3 atom stereocenters. The van der Waals surface area contributed by atoms with Crippen LogP contribution in [0.25, 0.3) is 22.1 Å². The normalized spacial score (nSPS) is 26.1. The van der Waals surface area contributed by atoms with Gasteiger partial charge in [-0.2, -0.15) is 0 Å². The highest BCUT2D eigenvalue weighted by molar-refractivity contribution is 6.01. The average molecular weight is 283 g/mol. The zero-order valence-corrected chi connectivity index (χ0v) is 12.5. The Balaban J connectivity index is 1.99. The van der Waals surface area contributed by atoms with Gasteiger partial charge in [-0.05, 0) is 31.7 Å². The number of pyridine rings is 1. The second kappa shape index (κ2) is 4.56. The summed E-state index contributed by atoms with van der Waals surface area (Å²) in [5.74, 6) is 1.70. The highest BCUT2D eigenvalue weighted by atomic mass is 15.1. The number of nitrogens with two attached hydrogens (primary N) is 1. The van der Waals surface area contributed by atoms with Crippen LogP contribution in [0.1, 0.15) is 38.1 Å². The van der Waals surface area contributed by atoms with Crippen molar-refractivity contribution in [3.05, 3.63) is 24.3 Å². The maximum absolute atomic E-state index is 6.23. The highest BCUT2D eigenvalue weighted by Crippen LogP contribution is 2.40. The summed E-state index contributed by atoms with van der Waals surface area (Å²) in [4.78, 5) is 12.4. The lowest BCUT2D eigenvalue weighted by Gasteiger charge is -2.22. The first-order valence-corrected chi connectivity index (χ1v) is 7.75. The summed E-state index contributed by atoms with van der Waals surface area (Å²) in [6, 6.07) is 2.86.